The molecule has 4 rings (SSSR count). The first-order chi connectivity index (χ1) is 15.2. The molecule has 0 unspecified atom stereocenters. The molecule has 1 fully saturated rings. The largest absolute Gasteiger partial charge is 0.496 e. The summed E-state index contributed by atoms with van der Waals surface area (Å²) in [4.78, 5) is 21.5. The topological polar surface area (TPSA) is 84.0 Å². The molecule has 1 N–H and O–H groups in total. The van der Waals surface area contributed by atoms with Crippen LogP contribution in [-0.2, 0) is 19.5 Å². The van der Waals surface area contributed by atoms with Gasteiger partial charge >= 0.3 is 0 Å². The first-order valence-corrected chi connectivity index (χ1v) is 10.5. The fraction of sp³-hybridized carbons (Fsp3) is 0.391. The summed E-state index contributed by atoms with van der Waals surface area (Å²) in [7, 11) is 1.65. The molecule has 0 aliphatic carbocycles. The van der Waals surface area contributed by atoms with E-state index in [1.165, 1.54) is 11.8 Å². The Hall–Kier alpha value is -3.10. The van der Waals surface area contributed by atoms with Gasteiger partial charge in [0.05, 0.1) is 26.2 Å². The number of ether oxygens (including phenoxy) is 1. The minimum Gasteiger partial charge on any atom is -0.496 e. The van der Waals surface area contributed by atoms with Gasteiger partial charge in [-0.05, 0) is 24.1 Å². The first-order valence-electron chi connectivity index (χ1n) is 10.5. The normalized spacial score (nSPS) is 15.1. The lowest BCUT2D eigenvalue weighted by atomic mass is 10.1. The van der Waals surface area contributed by atoms with E-state index >= 15 is 0 Å². The number of methoxy groups -OCH3 is 1. The zero-order chi connectivity index (χ0) is 21.5. The molecule has 0 radical (unpaired) electrons. The predicted octanol–water partition coefficient (Wildman–Crippen LogP) is 2.57. The van der Waals surface area contributed by atoms with Crippen molar-refractivity contribution in [3.63, 3.8) is 0 Å². The van der Waals surface area contributed by atoms with E-state index in [1.54, 1.807) is 19.6 Å². The van der Waals surface area contributed by atoms with E-state index in [2.05, 4.69) is 20.1 Å². The third-order valence-corrected chi connectivity index (χ3v) is 5.47. The highest BCUT2D eigenvalue weighted by molar-refractivity contribution is 5.91. The monoisotopic (exact) mass is 424 g/mol. The number of benzene rings is 1. The van der Waals surface area contributed by atoms with Crippen LogP contribution in [0.3, 0.4) is 0 Å². The highest BCUT2D eigenvalue weighted by Gasteiger charge is 2.20. The van der Waals surface area contributed by atoms with Crippen LogP contribution in [0.25, 0.3) is 0 Å². The molecule has 8 nitrogen and oxygen atoms in total. The maximum atomic E-state index is 12.4. The number of nitrogens with zero attached hydrogens (tertiary/aromatic N) is 3. The number of furan rings is 1. The average molecular weight is 425 g/mol. The van der Waals surface area contributed by atoms with Gasteiger partial charge in [0.15, 0.2) is 5.69 Å². The molecule has 0 atom stereocenters. The average Bonchev–Trinajstić information content (AvgIpc) is 3.48. The van der Waals surface area contributed by atoms with Crippen LogP contribution in [0.2, 0.25) is 0 Å². The Labute approximate surface area is 181 Å². The maximum absolute atomic E-state index is 12.4. The van der Waals surface area contributed by atoms with E-state index < -0.39 is 0 Å². The Morgan fingerprint density at radius 2 is 1.87 bits per heavy atom. The van der Waals surface area contributed by atoms with E-state index in [1.807, 2.05) is 30.3 Å². The van der Waals surface area contributed by atoms with Gasteiger partial charge in [0, 0.05) is 44.8 Å². The van der Waals surface area contributed by atoms with E-state index in [9.17, 15) is 4.79 Å². The van der Waals surface area contributed by atoms with Crippen LogP contribution in [0.15, 0.2) is 58.0 Å². The SMILES string of the molecule is COc1ccccc1CCNC(=O)c1coc(CN2CCN(Cc3ccoc3)CC2)n1. The van der Waals surface area contributed by atoms with E-state index in [0.29, 0.717) is 31.1 Å². The maximum Gasteiger partial charge on any atom is 0.273 e. The van der Waals surface area contributed by atoms with Crippen molar-refractivity contribution in [1.82, 2.24) is 20.1 Å². The van der Waals surface area contributed by atoms with E-state index in [4.69, 9.17) is 13.6 Å². The summed E-state index contributed by atoms with van der Waals surface area (Å²) in [5, 5.41) is 2.90. The molecule has 3 aromatic rings. The summed E-state index contributed by atoms with van der Waals surface area (Å²) < 4.78 is 16.0. The number of para-hydroxylation sites is 1. The van der Waals surface area contributed by atoms with Gasteiger partial charge in [0.2, 0.25) is 5.89 Å². The van der Waals surface area contributed by atoms with E-state index in [-0.39, 0.29) is 5.91 Å². The molecule has 31 heavy (non-hydrogen) atoms. The number of rotatable bonds is 9. The van der Waals surface area contributed by atoms with Gasteiger partial charge in [-0.1, -0.05) is 18.2 Å². The summed E-state index contributed by atoms with van der Waals surface area (Å²) in [6.07, 6.45) is 5.62. The standard InChI is InChI=1S/C23H28N4O4/c1-29-21-5-3-2-4-19(21)6-8-24-23(28)20-17-31-22(25-20)15-27-11-9-26(10-12-27)14-18-7-13-30-16-18/h2-5,7,13,16-17H,6,8-12,14-15H2,1H3,(H,24,28). The Kier molecular flexibility index (Phi) is 7.01. The van der Waals surface area contributed by atoms with Gasteiger partial charge in [0.25, 0.3) is 5.91 Å². The summed E-state index contributed by atoms with van der Waals surface area (Å²) in [5.74, 6) is 1.17. The van der Waals surface area contributed by atoms with Crippen LogP contribution >= 0.6 is 0 Å². The first kappa shape index (κ1) is 21.1. The summed E-state index contributed by atoms with van der Waals surface area (Å²) in [6.45, 7) is 5.82. The Morgan fingerprint density at radius 1 is 1.10 bits per heavy atom. The van der Waals surface area contributed by atoms with Gasteiger partial charge in [-0.25, -0.2) is 4.98 Å². The molecule has 0 spiro atoms. The van der Waals surface area contributed by atoms with Crippen LogP contribution in [0.4, 0.5) is 0 Å². The molecular weight excluding hydrogens is 396 g/mol. The molecule has 1 aromatic carbocycles. The quantitative estimate of drug-likeness (QED) is 0.565. The summed E-state index contributed by atoms with van der Waals surface area (Å²) >= 11 is 0. The molecule has 164 valence electrons. The van der Waals surface area contributed by atoms with Crippen molar-refractivity contribution >= 4 is 5.91 Å². The Bertz CT molecular complexity index is 962. The van der Waals surface area contributed by atoms with Crippen molar-refractivity contribution in [2.24, 2.45) is 0 Å². The fourth-order valence-electron chi connectivity index (χ4n) is 3.74. The van der Waals surface area contributed by atoms with Crippen molar-refractivity contribution < 1.29 is 18.4 Å². The third-order valence-electron chi connectivity index (χ3n) is 5.47. The van der Waals surface area contributed by atoms with Gasteiger partial charge in [-0.15, -0.1) is 0 Å². The van der Waals surface area contributed by atoms with Gasteiger partial charge < -0.3 is 18.9 Å². The number of oxazole rings is 1. The Morgan fingerprint density at radius 3 is 2.61 bits per heavy atom. The zero-order valence-electron chi connectivity index (χ0n) is 17.8. The lowest BCUT2D eigenvalue weighted by Gasteiger charge is -2.33. The highest BCUT2D eigenvalue weighted by Crippen LogP contribution is 2.17. The molecule has 2 aromatic heterocycles. The number of nitrogens with one attached hydrogen (secondary N) is 1. The number of hydrogen-bond acceptors (Lipinski definition) is 7. The number of piperazine rings is 1. The number of aromatic nitrogens is 1. The second-order valence-electron chi connectivity index (χ2n) is 7.63. The molecule has 1 saturated heterocycles. The van der Waals surface area contributed by atoms with E-state index in [0.717, 1.165) is 44.0 Å². The van der Waals surface area contributed by atoms with Gasteiger partial charge in [-0.3, -0.25) is 14.6 Å². The number of amides is 1. The van der Waals surface area contributed by atoms with Crippen molar-refractivity contribution in [3.05, 3.63) is 71.8 Å². The third kappa shape index (κ3) is 5.74. The van der Waals surface area contributed by atoms with Crippen LogP contribution < -0.4 is 10.1 Å². The van der Waals surface area contributed by atoms with Gasteiger partial charge in [-0.2, -0.15) is 0 Å². The molecule has 1 aliphatic rings. The van der Waals surface area contributed by atoms with Gasteiger partial charge in [0.1, 0.15) is 12.0 Å². The molecule has 1 aliphatic heterocycles. The van der Waals surface area contributed by atoms with Crippen LogP contribution in [0, 0.1) is 0 Å². The second-order valence-corrected chi connectivity index (χ2v) is 7.63. The number of hydrogen-bond donors (Lipinski definition) is 1. The van der Waals surface area contributed by atoms with Crippen LogP contribution in [-0.4, -0.2) is 60.5 Å². The number of carbonyl (C=O) groups excluding carboxylic acids is 1. The minimum atomic E-state index is -0.227. The van der Waals surface area contributed by atoms with Crippen molar-refractivity contribution in [1.29, 1.82) is 0 Å². The Balaban J connectivity index is 1.20. The summed E-state index contributed by atoms with van der Waals surface area (Å²) in [5.41, 5.74) is 2.56. The fourth-order valence-corrected chi connectivity index (χ4v) is 3.74. The molecule has 0 saturated carbocycles. The smallest absolute Gasteiger partial charge is 0.273 e. The molecule has 8 heteroatoms. The molecule has 1 amide bonds. The van der Waals surface area contributed by atoms with Crippen molar-refractivity contribution in [3.8, 4) is 5.75 Å². The molecular formula is C23H28N4O4. The predicted molar refractivity (Wildman–Crippen MR) is 115 cm³/mol. The van der Waals surface area contributed by atoms with Crippen LogP contribution in [0.1, 0.15) is 27.5 Å². The second kappa shape index (κ2) is 10.3. The minimum absolute atomic E-state index is 0.227. The zero-order valence-corrected chi connectivity index (χ0v) is 17.8. The van der Waals surface area contributed by atoms with Crippen molar-refractivity contribution in [2.75, 3.05) is 39.8 Å². The highest BCUT2D eigenvalue weighted by atomic mass is 16.5. The summed E-state index contributed by atoms with van der Waals surface area (Å²) in [6, 6.07) is 9.80. The molecule has 3 heterocycles. The van der Waals surface area contributed by atoms with Crippen LogP contribution in [0.5, 0.6) is 5.75 Å². The lowest BCUT2D eigenvalue weighted by Crippen LogP contribution is -2.45. The number of carbonyl (C=O) groups is 1. The molecule has 0 bridgehead atoms. The lowest BCUT2D eigenvalue weighted by molar-refractivity contribution is 0.0948. The van der Waals surface area contributed by atoms with Crippen molar-refractivity contribution in [2.45, 2.75) is 19.5 Å².